The first kappa shape index (κ1) is 24.7. The number of ether oxygens (including phenoxy) is 3. The van der Waals surface area contributed by atoms with Gasteiger partial charge in [-0.25, -0.2) is 28.4 Å². The Morgan fingerprint density at radius 3 is 2.42 bits per heavy atom. The third-order valence-corrected chi connectivity index (χ3v) is 5.98. The number of aromatic nitrogens is 5. The van der Waals surface area contributed by atoms with E-state index in [9.17, 15) is 8.42 Å². The van der Waals surface area contributed by atoms with Crippen molar-refractivity contribution in [3.8, 4) is 46.4 Å². The van der Waals surface area contributed by atoms with Gasteiger partial charge < -0.3 is 14.2 Å². The van der Waals surface area contributed by atoms with Gasteiger partial charge in [0.05, 0.1) is 27.0 Å². The lowest BCUT2D eigenvalue weighted by Gasteiger charge is -2.16. The Balaban J connectivity index is 1.99. The second kappa shape index (κ2) is 10.5. The molecule has 36 heavy (non-hydrogen) atoms. The topological polar surface area (TPSA) is 130 Å². The minimum Gasteiger partial charge on any atom is -0.494 e. The smallest absolute Gasteiger partial charge is 0.245 e. The van der Waals surface area contributed by atoms with E-state index in [1.54, 1.807) is 47.9 Å². The fourth-order valence-electron chi connectivity index (χ4n) is 3.47. The molecule has 0 aliphatic carbocycles. The zero-order chi connectivity index (χ0) is 25.7. The number of rotatable bonds is 9. The van der Waals surface area contributed by atoms with Crippen LogP contribution in [0.25, 0.3) is 28.5 Å². The highest BCUT2D eigenvalue weighted by molar-refractivity contribution is 7.92. The van der Waals surface area contributed by atoms with Gasteiger partial charge in [0, 0.05) is 6.07 Å². The van der Waals surface area contributed by atoms with E-state index in [-0.39, 0.29) is 22.9 Å². The largest absolute Gasteiger partial charge is 0.494 e. The lowest BCUT2D eigenvalue weighted by molar-refractivity contribution is 0.327. The van der Waals surface area contributed by atoms with Crippen molar-refractivity contribution in [2.45, 2.75) is 13.8 Å². The second-order valence-corrected chi connectivity index (χ2v) is 8.99. The predicted octanol–water partition coefficient (Wildman–Crippen LogP) is 3.06. The maximum Gasteiger partial charge on any atom is 0.245 e. The Bertz CT molecular complexity index is 1550. The number of pyridine rings is 1. The molecule has 3 heterocycles. The molecule has 0 aliphatic rings. The highest BCUT2D eigenvalue weighted by atomic mass is 32.2. The third-order valence-electron chi connectivity index (χ3n) is 4.94. The number of sulfonamides is 1. The van der Waals surface area contributed by atoms with Gasteiger partial charge in [-0.1, -0.05) is 18.1 Å². The van der Waals surface area contributed by atoms with Crippen LogP contribution in [-0.4, -0.2) is 59.5 Å². The van der Waals surface area contributed by atoms with Crippen molar-refractivity contribution in [3.05, 3.63) is 42.6 Å². The van der Waals surface area contributed by atoms with Gasteiger partial charge in [0.25, 0.3) is 0 Å². The summed E-state index contributed by atoms with van der Waals surface area (Å²) in [5.41, 5.74) is 1.50. The standard InChI is InChI=1S/C24H24N6O5S/c1-5-7-14-36(31,32)29-19-15-25-22-24(27-19)30(21-17(33-3)11-9-12-18(21)34-4)23(28-22)16-10-8-13-20(26-16)35-6-2/h8-13,15H,6,14H2,1-4H3,(H,27,29). The van der Waals surface area contributed by atoms with Crippen LogP contribution in [0.5, 0.6) is 17.4 Å². The third kappa shape index (κ3) is 5.01. The summed E-state index contributed by atoms with van der Waals surface area (Å²) in [6.07, 6.45) is 1.30. The number of anilines is 1. The first-order valence-corrected chi connectivity index (χ1v) is 12.5. The Hall–Kier alpha value is -4.37. The number of hydrogen-bond donors (Lipinski definition) is 1. The van der Waals surface area contributed by atoms with E-state index in [1.165, 1.54) is 20.4 Å². The molecule has 4 aromatic rings. The highest BCUT2D eigenvalue weighted by Gasteiger charge is 2.24. The number of imidazole rings is 1. The van der Waals surface area contributed by atoms with Gasteiger partial charge >= 0.3 is 0 Å². The van der Waals surface area contributed by atoms with Crippen LogP contribution in [0.15, 0.2) is 42.6 Å². The average molecular weight is 509 g/mol. The molecule has 1 aromatic carbocycles. The Labute approximate surface area is 208 Å². The van der Waals surface area contributed by atoms with Crippen LogP contribution in [0.4, 0.5) is 5.82 Å². The summed E-state index contributed by atoms with van der Waals surface area (Å²) in [7, 11) is -0.694. The van der Waals surface area contributed by atoms with E-state index in [0.717, 1.165) is 0 Å². The molecule has 0 spiro atoms. The van der Waals surface area contributed by atoms with E-state index >= 15 is 0 Å². The first-order chi connectivity index (χ1) is 17.4. The Kier molecular flexibility index (Phi) is 7.21. The molecule has 0 saturated carbocycles. The number of nitrogens with one attached hydrogen (secondary N) is 1. The monoisotopic (exact) mass is 508 g/mol. The average Bonchev–Trinajstić information content (AvgIpc) is 3.25. The number of nitrogens with zero attached hydrogens (tertiary/aromatic N) is 5. The van der Waals surface area contributed by atoms with E-state index in [1.807, 2.05) is 6.92 Å². The van der Waals surface area contributed by atoms with Gasteiger partial charge in [-0.2, -0.15) is 0 Å². The van der Waals surface area contributed by atoms with Gasteiger partial charge in [0.2, 0.25) is 15.9 Å². The van der Waals surface area contributed by atoms with Crippen molar-refractivity contribution >= 4 is 27.1 Å². The zero-order valence-electron chi connectivity index (χ0n) is 20.1. The Morgan fingerprint density at radius 2 is 1.75 bits per heavy atom. The number of hydrogen-bond acceptors (Lipinski definition) is 9. The molecule has 0 saturated heterocycles. The van der Waals surface area contributed by atoms with Crippen molar-refractivity contribution in [1.82, 2.24) is 24.5 Å². The molecule has 3 aromatic heterocycles. The van der Waals surface area contributed by atoms with Crippen LogP contribution in [-0.2, 0) is 10.0 Å². The minimum absolute atomic E-state index is 0.0120. The number of para-hydroxylation sites is 1. The van der Waals surface area contributed by atoms with Crippen LogP contribution < -0.4 is 18.9 Å². The molecule has 1 N–H and O–H groups in total. The minimum atomic E-state index is -3.76. The summed E-state index contributed by atoms with van der Waals surface area (Å²) in [6.45, 7) is 3.88. The quantitative estimate of drug-likeness (QED) is 0.339. The fraction of sp³-hybridized carbons (Fsp3) is 0.250. The summed E-state index contributed by atoms with van der Waals surface area (Å²) < 4.78 is 45.7. The maximum absolute atomic E-state index is 12.4. The molecule has 0 atom stereocenters. The molecule has 0 bridgehead atoms. The molecule has 4 rings (SSSR count). The fourth-order valence-corrected chi connectivity index (χ4v) is 4.29. The van der Waals surface area contributed by atoms with Gasteiger partial charge in [-0.05, 0) is 32.0 Å². The van der Waals surface area contributed by atoms with Gasteiger partial charge in [0.15, 0.2) is 22.9 Å². The summed E-state index contributed by atoms with van der Waals surface area (Å²) in [5, 5.41) is 0. The van der Waals surface area contributed by atoms with Crippen LogP contribution in [0.2, 0.25) is 0 Å². The van der Waals surface area contributed by atoms with E-state index in [0.29, 0.717) is 41.2 Å². The summed E-state index contributed by atoms with van der Waals surface area (Å²) in [5.74, 6) is 6.49. The van der Waals surface area contributed by atoms with Crippen LogP contribution in [0.1, 0.15) is 13.8 Å². The van der Waals surface area contributed by atoms with Gasteiger partial charge in [-0.15, -0.1) is 5.92 Å². The first-order valence-electron chi connectivity index (χ1n) is 10.9. The van der Waals surface area contributed by atoms with Crippen molar-refractivity contribution in [3.63, 3.8) is 0 Å². The lowest BCUT2D eigenvalue weighted by atomic mass is 10.2. The molecule has 12 heteroatoms. The second-order valence-electron chi connectivity index (χ2n) is 7.27. The van der Waals surface area contributed by atoms with Crippen LogP contribution in [0.3, 0.4) is 0 Å². The van der Waals surface area contributed by atoms with Gasteiger partial charge in [0.1, 0.15) is 28.6 Å². The molecule has 0 amide bonds. The molecular weight excluding hydrogens is 484 g/mol. The van der Waals surface area contributed by atoms with Crippen molar-refractivity contribution in [2.75, 3.05) is 31.3 Å². The normalized spacial score (nSPS) is 11.0. The maximum atomic E-state index is 12.4. The summed E-state index contributed by atoms with van der Waals surface area (Å²) >= 11 is 0. The molecule has 186 valence electrons. The van der Waals surface area contributed by atoms with E-state index in [4.69, 9.17) is 14.2 Å². The van der Waals surface area contributed by atoms with Crippen molar-refractivity contribution < 1.29 is 22.6 Å². The highest BCUT2D eigenvalue weighted by Crippen LogP contribution is 2.38. The molecule has 0 fully saturated rings. The molecule has 11 nitrogen and oxygen atoms in total. The Morgan fingerprint density at radius 1 is 1.03 bits per heavy atom. The molecule has 0 radical (unpaired) electrons. The number of fused-ring (bicyclic) bond motifs is 1. The molecule has 0 unspecified atom stereocenters. The zero-order valence-corrected chi connectivity index (χ0v) is 21.0. The molecule has 0 aliphatic heterocycles. The predicted molar refractivity (Wildman–Crippen MR) is 135 cm³/mol. The summed E-state index contributed by atoms with van der Waals surface area (Å²) in [4.78, 5) is 18.1. The lowest BCUT2D eigenvalue weighted by Crippen LogP contribution is -2.17. The van der Waals surface area contributed by atoms with E-state index < -0.39 is 10.0 Å². The van der Waals surface area contributed by atoms with Crippen LogP contribution in [0, 0.1) is 11.8 Å². The SMILES string of the molecule is CC#CCS(=O)(=O)Nc1cnc2nc(-c3cccc(OCC)n3)n(-c3c(OC)cccc3OC)c2n1. The van der Waals surface area contributed by atoms with Crippen molar-refractivity contribution in [1.29, 1.82) is 0 Å². The van der Waals surface area contributed by atoms with Gasteiger partial charge in [-0.3, -0.25) is 9.29 Å². The van der Waals surface area contributed by atoms with Crippen molar-refractivity contribution in [2.24, 2.45) is 0 Å². The number of benzene rings is 1. The van der Waals surface area contributed by atoms with Crippen LogP contribution >= 0.6 is 0 Å². The summed E-state index contributed by atoms with van der Waals surface area (Å²) in [6, 6.07) is 10.6. The van der Waals surface area contributed by atoms with E-state index in [2.05, 4.69) is 36.5 Å². The molecular formula is C24H24N6O5S. The number of methoxy groups -OCH3 is 2.